The molecule has 212 valence electrons. The average Bonchev–Trinajstić information content (AvgIpc) is 3.34. The number of halogens is 2. The van der Waals surface area contributed by atoms with Gasteiger partial charge in [-0.05, 0) is 76.5 Å². The van der Waals surface area contributed by atoms with Gasteiger partial charge in [0.25, 0.3) is 6.43 Å². The third-order valence-electron chi connectivity index (χ3n) is 6.98. The summed E-state index contributed by atoms with van der Waals surface area (Å²) in [6.45, 7) is 5.67. The van der Waals surface area contributed by atoms with Crippen LogP contribution in [0, 0.1) is 12.3 Å². The quantitative estimate of drug-likeness (QED) is 0.320. The highest BCUT2D eigenvalue weighted by Gasteiger charge is 2.29. The number of thiophene rings is 1. The van der Waals surface area contributed by atoms with E-state index in [1.807, 2.05) is 44.1 Å². The van der Waals surface area contributed by atoms with Gasteiger partial charge in [0.2, 0.25) is 0 Å². The Morgan fingerprint density at radius 3 is 2.61 bits per heavy atom. The molecule has 3 aliphatic heterocycles. The van der Waals surface area contributed by atoms with E-state index in [9.17, 15) is 8.78 Å². The molecular formula is C28H43F2N5O2S. The number of amidine groups is 1. The van der Waals surface area contributed by atoms with Crippen molar-refractivity contribution in [1.29, 1.82) is 5.41 Å². The van der Waals surface area contributed by atoms with E-state index >= 15 is 0 Å². The number of rotatable bonds is 5. The number of fused-ring (bicyclic) bond motifs is 1. The highest BCUT2D eigenvalue weighted by molar-refractivity contribution is 7.15. The summed E-state index contributed by atoms with van der Waals surface area (Å²) in [5.41, 5.74) is 4.54. The molecule has 1 aromatic heterocycles. The minimum atomic E-state index is -2.57. The summed E-state index contributed by atoms with van der Waals surface area (Å²) in [5.74, 6) is 0.419. The fraction of sp³-hybridized carbons (Fsp3) is 0.536. The molecule has 4 heterocycles. The molecule has 0 bridgehead atoms. The van der Waals surface area contributed by atoms with Crippen LogP contribution in [0.3, 0.4) is 0 Å². The van der Waals surface area contributed by atoms with E-state index in [-0.39, 0.29) is 12.5 Å². The van der Waals surface area contributed by atoms with Crippen LogP contribution in [0.15, 0.2) is 35.5 Å². The minimum Gasteiger partial charge on any atom is -0.412 e. The fourth-order valence-electron chi connectivity index (χ4n) is 5.18. The first-order valence-electron chi connectivity index (χ1n) is 13.2. The van der Waals surface area contributed by atoms with E-state index in [4.69, 9.17) is 10.1 Å². The zero-order valence-corrected chi connectivity index (χ0v) is 23.4. The van der Waals surface area contributed by atoms with Crippen LogP contribution in [0.4, 0.5) is 14.5 Å². The first kappa shape index (κ1) is 30.2. The Morgan fingerprint density at radius 2 is 1.95 bits per heavy atom. The predicted octanol–water partition coefficient (Wildman–Crippen LogP) is 4.66. The lowest BCUT2D eigenvalue weighted by molar-refractivity contribution is 0.0800. The third-order valence-corrected chi connectivity index (χ3v) is 8.02. The molecule has 10 heteroatoms. The van der Waals surface area contributed by atoms with Crippen molar-refractivity contribution >= 4 is 22.9 Å². The van der Waals surface area contributed by atoms with Crippen LogP contribution >= 0.6 is 11.3 Å². The number of anilines is 1. The van der Waals surface area contributed by atoms with Gasteiger partial charge >= 0.3 is 0 Å². The van der Waals surface area contributed by atoms with Crippen molar-refractivity contribution in [2.24, 2.45) is 0 Å². The van der Waals surface area contributed by atoms with Crippen LogP contribution in [0.2, 0.25) is 0 Å². The molecular weight excluding hydrogens is 508 g/mol. The smallest absolute Gasteiger partial charge is 0.264 e. The Kier molecular flexibility index (Phi) is 11.2. The Morgan fingerprint density at radius 1 is 1.21 bits per heavy atom. The van der Waals surface area contributed by atoms with Crippen molar-refractivity contribution in [3.63, 3.8) is 0 Å². The van der Waals surface area contributed by atoms with Gasteiger partial charge in [-0.1, -0.05) is 0 Å². The molecule has 0 aliphatic carbocycles. The molecule has 38 heavy (non-hydrogen) atoms. The van der Waals surface area contributed by atoms with Gasteiger partial charge in [-0.3, -0.25) is 5.41 Å². The van der Waals surface area contributed by atoms with Crippen LogP contribution < -0.4 is 20.9 Å². The molecule has 7 nitrogen and oxygen atoms in total. The van der Waals surface area contributed by atoms with Gasteiger partial charge in [0.05, 0.1) is 0 Å². The Bertz CT molecular complexity index is 1120. The van der Waals surface area contributed by atoms with Crippen molar-refractivity contribution in [2.75, 3.05) is 51.8 Å². The van der Waals surface area contributed by atoms with Gasteiger partial charge in [-0.25, -0.2) is 8.78 Å². The van der Waals surface area contributed by atoms with Crippen molar-refractivity contribution in [2.45, 2.75) is 51.5 Å². The maximum absolute atomic E-state index is 14.2. The number of ether oxygens (including phenoxy) is 1. The van der Waals surface area contributed by atoms with E-state index in [1.165, 1.54) is 0 Å². The molecule has 5 rings (SSSR count). The van der Waals surface area contributed by atoms with Crippen LogP contribution in [0.25, 0.3) is 10.4 Å². The highest BCUT2D eigenvalue weighted by Crippen LogP contribution is 2.41. The van der Waals surface area contributed by atoms with E-state index in [0.29, 0.717) is 30.5 Å². The summed E-state index contributed by atoms with van der Waals surface area (Å²) in [6.07, 6.45) is 1.94. The van der Waals surface area contributed by atoms with Crippen LogP contribution in [-0.4, -0.2) is 64.3 Å². The second-order valence-corrected chi connectivity index (χ2v) is 11.1. The number of hydrogen-bond donors (Lipinski definition) is 4. The Labute approximate surface area is 230 Å². The zero-order valence-electron chi connectivity index (χ0n) is 22.6. The molecule has 0 radical (unpaired) electrons. The molecule has 0 saturated carbocycles. The van der Waals surface area contributed by atoms with E-state index < -0.39 is 6.43 Å². The molecule has 3 aliphatic rings. The summed E-state index contributed by atoms with van der Waals surface area (Å²) in [6, 6.07) is 7.85. The minimum absolute atomic E-state index is 0. The van der Waals surface area contributed by atoms with Crippen molar-refractivity contribution < 1.29 is 20.4 Å². The van der Waals surface area contributed by atoms with Gasteiger partial charge in [0.15, 0.2) is 0 Å². The number of aryl methyl sites for hydroxylation is 2. The maximum atomic E-state index is 14.2. The molecule has 1 aromatic carbocycles. The third kappa shape index (κ3) is 6.98. The average molecular weight is 552 g/mol. The van der Waals surface area contributed by atoms with E-state index in [0.717, 1.165) is 84.1 Å². The molecule has 0 spiro atoms. The molecule has 0 amide bonds. The normalized spacial score (nSPS) is 17.9. The van der Waals surface area contributed by atoms with Gasteiger partial charge in [-0.2, -0.15) is 0 Å². The zero-order chi connectivity index (χ0) is 26.4. The lowest BCUT2D eigenvalue weighted by Gasteiger charge is -2.36. The first-order chi connectivity index (χ1) is 17.9. The van der Waals surface area contributed by atoms with Gasteiger partial charge in [0, 0.05) is 84.6 Å². The number of alkyl halides is 2. The van der Waals surface area contributed by atoms with E-state index in [2.05, 4.69) is 16.0 Å². The lowest BCUT2D eigenvalue weighted by atomic mass is 9.93. The summed E-state index contributed by atoms with van der Waals surface area (Å²) >= 11 is 1.55. The van der Waals surface area contributed by atoms with Crippen LogP contribution in [-0.2, 0) is 11.2 Å². The summed E-state index contributed by atoms with van der Waals surface area (Å²) in [5, 5.41) is 19.0. The standard InChI is InChI=1S/C26H32F2N4OS.C2H7N.H2O.H2/c1-16-4-5-24(34-16)19-13-17-3-2-10-32(23(17)14-20(19)25(27)28)26(29)21-15-30-9-6-22(21)31-18-7-11-33-12-8-18;1-3-2;;/h4-5,13-14,18,25,29-31H,2-3,6-12,15H2,1H3;3H,1-2H3;1H2;1H. The Hall–Kier alpha value is -2.37. The largest absolute Gasteiger partial charge is 0.412 e. The maximum Gasteiger partial charge on any atom is 0.264 e. The summed E-state index contributed by atoms with van der Waals surface area (Å²) in [4.78, 5) is 3.94. The second-order valence-electron chi connectivity index (χ2n) is 9.80. The van der Waals surface area contributed by atoms with E-state index in [1.54, 1.807) is 17.4 Å². The monoisotopic (exact) mass is 551 g/mol. The molecule has 1 saturated heterocycles. The summed E-state index contributed by atoms with van der Waals surface area (Å²) < 4.78 is 33.9. The first-order valence-corrected chi connectivity index (χ1v) is 14.0. The van der Waals surface area contributed by atoms with Crippen molar-refractivity contribution in [1.82, 2.24) is 16.0 Å². The molecule has 1 fully saturated rings. The summed E-state index contributed by atoms with van der Waals surface area (Å²) in [7, 11) is 3.75. The Balaban J connectivity index is 0.00000102. The van der Waals surface area contributed by atoms with Gasteiger partial charge in [-0.15, -0.1) is 11.3 Å². The number of nitrogens with zero attached hydrogens (tertiary/aromatic N) is 1. The fourth-order valence-corrected chi connectivity index (χ4v) is 6.08. The van der Waals surface area contributed by atoms with Crippen molar-refractivity contribution in [3.05, 3.63) is 51.5 Å². The highest BCUT2D eigenvalue weighted by atomic mass is 32.1. The molecule has 2 aromatic rings. The predicted molar refractivity (Wildman–Crippen MR) is 155 cm³/mol. The van der Waals surface area contributed by atoms with Crippen LogP contribution in [0.1, 0.15) is 49.5 Å². The van der Waals surface area contributed by atoms with Crippen molar-refractivity contribution in [3.8, 4) is 10.4 Å². The second kappa shape index (κ2) is 14.1. The number of hydrogen-bond acceptors (Lipinski definition) is 6. The number of benzene rings is 1. The topological polar surface area (TPSA) is 104 Å². The van der Waals surface area contributed by atoms with Gasteiger partial charge in [0.1, 0.15) is 5.84 Å². The van der Waals surface area contributed by atoms with Crippen LogP contribution in [0.5, 0.6) is 0 Å². The molecule has 0 unspecified atom stereocenters. The SMILES string of the molecule is CNC.Cc1ccc(-c2cc3c(cc2C(F)F)N(C(=N)C2=C(NC4CCOCC4)CCNC2)CCC3)s1.O.[HH]. The number of nitrogens with one attached hydrogen (secondary N) is 4. The van der Waals surface area contributed by atoms with Gasteiger partial charge < -0.3 is 31.1 Å². The molecule has 0 atom stereocenters. The molecule has 6 N–H and O–H groups in total. The lowest BCUT2D eigenvalue weighted by Crippen LogP contribution is -2.44.